The van der Waals surface area contributed by atoms with Crippen molar-refractivity contribution in [3.8, 4) is 22.6 Å². The van der Waals surface area contributed by atoms with Crippen LogP contribution in [0.25, 0.3) is 33.9 Å². The number of rotatable bonds is 6. The molecule has 2 aromatic heterocycles. The van der Waals surface area contributed by atoms with Crippen LogP contribution in [0.1, 0.15) is 5.56 Å². The van der Waals surface area contributed by atoms with E-state index in [2.05, 4.69) is 27.8 Å². The molecule has 6 rings (SSSR count). The minimum atomic E-state index is -0.00540. The summed E-state index contributed by atoms with van der Waals surface area (Å²) in [7, 11) is 1.63. The highest BCUT2D eigenvalue weighted by Gasteiger charge is 2.25. The lowest BCUT2D eigenvalue weighted by Crippen LogP contribution is -2.48. The molecule has 0 spiro atoms. The first-order valence-electron chi connectivity index (χ1n) is 13.1. The van der Waals surface area contributed by atoms with Gasteiger partial charge in [0.1, 0.15) is 17.9 Å². The van der Waals surface area contributed by atoms with Crippen molar-refractivity contribution in [2.75, 3.05) is 38.2 Å². The molecule has 1 aliphatic rings. The van der Waals surface area contributed by atoms with Gasteiger partial charge in [-0.15, -0.1) is 0 Å². The molecular formula is C32H28ClN5O2. The van der Waals surface area contributed by atoms with Crippen molar-refractivity contribution in [3.05, 3.63) is 108 Å². The highest BCUT2D eigenvalue weighted by atomic mass is 35.5. The Morgan fingerprint density at radius 1 is 0.925 bits per heavy atom. The van der Waals surface area contributed by atoms with Crippen LogP contribution in [0.4, 0.5) is 5.82 Å². The fraction of sp³-hybridized carbons (Fsp3) is 0.156. The van der Waals surface area contributed by atoms with Gasteiger partial charge in [0, 0.05) is 54.7 Å². The van der Waals surface area contributed by atoms with Gasteiger partial charge in [-0.05, 0) is 53.6 Å². The van der Waals surface area contributed by atoms with E-state index in [1.165, 1.54) is 0 Å². The molecule has 3 heterocycles. The smallest absolute Gasteiger partial charge is 0.246 e. The van der Waals surface area contributed by atoms with E-state index < -0.39 is 0 Å². The molecule has 0 bridgehead atoms. The molecule has 40 heavy (non-hydrogen) atoms. The number of nitrogens with zero attached hydrogens (tertiary/aromatic N) is 5. The second kappa shape index (κ2) is 11.2. The van der Waals surface area contributed by atoms with Gasteiger partial charge in [-0.25, -0.2) is 9.97 Å². The quantitative estimate of drug-likeness (QED) is 0.239. The van der Waals surface area contributed by atoms with E-state index in [-0.39, 0.29) is 5.91 Å². The molecule has 1 fully saturated rings. The number of halogens is 1. The van der Waals surface area contributed by atoms with Gasteiger partial charge in [-0.1, -0.05) is 54.1 Å². The summed E-state index contributed by atoms with van der Waals surface area (Å²) < 4.78 is 7.36. The van der Waals surface area contributed by atoms with Crippen molar-refractivity contribution < 1.29 is 9.53 Å². The first kappa shape index (κ1) is 25.6. The number of hydrogen-bond donors (Lipinski definition) is 0. The first-order valence-corrected chi connectivity index (χ1v) is 13.5. The Hall–Kier alpha value is -4.62. The van der Waals surface area contributed by atoms with Crippen LogP contribution < -0.4 is 9.64 Å². The molecular weight excluding hydrogens is 522 g/mol. The van der Waals surface area contributed by atoms with Gasteiger partial charge in [-0.2, -0.15) is 0 Å². The van der Waals surface area contributed by atoms with E-state index in [1.54, 1.807) is 19.5 Å². The normalized spacial score (nSPS) is 13.8. The molecule has 200 valence electrons. The fourth-order valence-corrected chi connectivity index (χ4v) is 5.20. The predicted octanol–water partition coefficient (Wildman–Crippen LogP) is 6.11. The van der Waals surface area contributed by atoms with Gasteiger partial charge >= 0.3 is 0 Å². The number of anilines is 1. The van der Waals surface area contributed by atoms with Gasteiger partial charge in [-0.3, -0.25) is 4.79 Å². The molecule has 0 atom stereocenters. The van der Waals surface area contributed by atoms with Crippen LogP contribution in [0.5, 0.6) is 5.75 Å². The molecule has 7 nitrogen and oxygen atoms in total. The number of methoxy groups -OCH3 is 1. The van der Waals surface area contributed by atoms with Crippen LogP contribution in [0, 0.1) is 0 Å². The number of amides is 1. The zero-order chi connectivity index (χ0) is 27.5. The van der Waals surface area contributed by atoms with E-state index in [0.717, 1.165) is 45.0 Å². The molecule has 8 heteroatoms. The van der Waals surface area contributed by atoms with E-state index in [9.17, 15) is 4.79 Å². The summed E-state index contributed by atoms with van der Waals surface area (Å²) in [4.78, 5) is 26.5. The van der Waals surface area contributed by atoms with Crippen LogP contribution in [0.3, 0.4) is 0 Å². The van der Waals surface area contributed by atoms with Gasteiger partial charge in [0.05, 0.1) is 12.5 Å². The van der Waals surface area contributed by atoms with Crippen molar-refractivity contribution in [2.24, 2.45) is 0 Å². The van der Waals surface area contributed by atoms with E-state index >= 15 is 0 Å². The number of benzene rings is 3. The Morgan fingerprint density at radius 2 is 1.70 bits per heavy atom. The molecule has 1 saturated heterocycles. The zero-order valence-corrected chi connectivity index (χ0v) is 22.8. The fourth-order valence-electron chi connectivity index (χ4n) is 5.08. The highest BCUT2D eigenvalue weighted by molar-refractivity contribution is 6.30. The van der Waals surface area contributed by atoms with Crippen LogP contribution in [-0.4, -0.2) is 58.6 Å². The van der Waals surface area contributed by atoms with Crippen molar-refractivity contribution >= 4 is 40.4 Å². The summed E-state index contributed by atoms with van der Waals surface area (Å²) in [5, 5.41) is 1.67. The number of piperazine rings is 1. The predicted molar refractivity (Wildman–Crippen MR) is 160 cm³/mol. The molecule has 0 aliphatic carbocycles. The third-order valence-corrected chi connectivity index (χ3v) is 7.41. The summed E-state index contributed by atoms with van der Waals surface area (Å²) in [5.74, 6) is 1.63. The highest BCUT2D eigenvalue weighted by Crippen LogP contribution is 2.37. The first-order chi connectivity index (χ1) is 19.6. The third kappa shape index (κ3) is 5.16. The Labute approximate surface area is 237 Å². The molecule has 0 unspecified atom stereocenters. The second-order valence-electron chi connectivity index (χ2n) is 9.57. The maximum atomic E-state index is 13.0. The van der Waals surface area contributed by atoms with Gasteiger partial charge in [0.25, 0.3) is 0 Å². The minimum Gasteiger partial charge on any atom is -0.497 e. The number of hydrogen-bond acceptors (Lipinski definition) is 5. The number of fused-ring (bicyclic) bond motifs is 1. The summed E-state index contributed by atoms with van der Waals surface area (Å²) in [6.45, 7) is 2.55. The summed E-state index contributed by atoms with van der Waals surface area (Å²) in [5.41, 5.74) is 4.87. The zero-order valence-electron chi connectivity index (χ0n) is 22.1. The van der Waals surface area contributed by atoms with E-state index in [1.807, 2.05) is 77.7 Å². The van der Waals surface area contributed by atoms with Crippen molar-refractivity contribution in [1.29, 1.82) is 0 Å². The van der Waals surface area contributed by atoms with Gasteiger partial charge < -0.3 is 19.1 Å². The van der Waals surface area contributed by atoms with Crippen molar-refractivity contribution in [2.45, 2.75) is 0 Å². The lowest BCUT2D eigenvalue weighted by atomic mass is 10.1. The van der Waals surface area contributed by atoms with E-state index in [0.29, 0.717) is 31.2 Å². The standard InChI is InChI=1S/C32H28ClN5O2/c1-40-27-9-5-6-23(20-27)10-15-29(39)36-16-18-37(19-17-36)31-30-28(24-7-3-2-4-8-24)21-38(32(30)35-22-34-31)26-13-11-25(33)12-14-26/h2-15,20-22H,16-19H2,1H3/b15-10+. The summed E-state index contributed by atoms with van der Waals surface area (Å²) in [6.07, 6.45) is 7.20. The van der Waals surface area contributed by atoms with Crippen molar-refractivity contribution in [3.63, 3.8) is 0 Å². The Kier molecular flexibility index (Phi) is 7.21. The number of carbonyl (C=O) groups is 1. The van der Waals surface area contributed by atoms with Crippen LogP contribution in [-0.2, 0) is 4.79 Å². The monoisotopic (exact) mass is 549 g/mol. The second-order valence-corrected chi connectivity index (χ2v) is 10.0. The summed E-state index contributed by atoms with van der Waals surface area (Å²) in [6, 6.07) is 25.7. The molecule has 1 amide bonds. The SMILES string of the molecule is COc1cccc(/C=C/C(=O)N2CCN(c3ncnc4c3c(-c3ccccc3)cn4-c3ccc(Cl)cc3)CC2)c1. The lowest BCUT2D eigenvalue weighted by molar-refractivity contribution is -0.126. The Morgan fingerprint density at radius 3 is 2.45 bits per heavy atom. The Bertz CT molecular complexity index is 1670. The largest absolute Gasteiger partial charge is 0.497 e. The van der Waals surface area contributed by atoms with Crippen LogP contribution in [0.15, 0.2) is 97.5 Å². The molecule has 0 N–H and O–H groups in total. The molecule has 5 aromatic rings. The van der Waals surface area contributed by atoms with Gasteiger partial charge in [0.15, 0.2) is 5.65 Å². The number of aromatic nitrogens is 3. The van der Waals surface area contributed by atoms with Gasteiger partial charge in [0.2, 0.25) is 5.91 Å². The molecule has 1 aliphatic heterocycles. The lowest BCUT2D eigenvalue weighted by Gasteiger charge is -2.35. The van der Waals surface area contributed by atoms with Crippen molar-refractivity contribution in [1.82, 2.24) is 19.4 Å². The number of carbonyl (C=O) groups excluding carboxylic acids is 1. The van der Waals surface area contributed by atoms with E-state index in [4.69, 9.17) is 26.3 Å². The topological polar surface area (TPSA) is 63.5 Å². The maximum Gasteiger partial charge on any atom is 0.246 e. The minimum absolute atomic E-state index is 0.00540. The average Bonchev–Trinajstić information content (AvgIpc) is 3.41. The van der Waals surface area contributed by atoms with Crippen LogP contribution >= 0.6 is 11.6 Å². The third-order valence-electron chi connectivity index (χ3n) is 7.16. The molecule has 3 aromatic carbocycles. The van der Waals surface area contributed by atoms with Crippen LogP contribution in [0.2, 0.25) is 5.02 Å². The average molecular weight is 550 g/mol. The molecule has 0 radical (unpaired) electrons. The Balaban J connectivity index is 1.28. The summed E-state index contributed by atoms with van der Waals surface area (Å²) >= 11 is 6.16. The maximum absolute atomic E-state index is 13.0. The molecule has 0 saturated carbocycles. The number of ether oxygens (including phenoxy) is 1.